The summed E-state index contributed by atoms with van der Waals surface area (Å²) in [4.78, 5) is 12.6. The highest BCUT2D eigenvalue weighted by atomic mass is 32.2. The van der Waals surface area contributed by atoms with Crippen molar-refractivity contribution in [3.05, 3.63) is 29.8 Å². The molecule has 9 heteroatoms. The number of piperidine rings is 1. The Morgan fingerprint density at radius 3 is 2.46 bits per heavy atom. The molecule has 1 saturated carbocycles. The Bertz CT molecular complexity index is 805. The van der Waals surface area contributed by atoms with E-state index in [1.165, 1.54) is 28.6 Å². The quantitative estimate of drug-likeness (QED) is 0.811. The van der Waals surface area contributed by atoms with Crippen LogP contribution in [0, 0.1) is 5.92 Å². The van der Waals surface area contributed by atoms with Gasteiger partial charge in [-0.15, -0.1) is 0 Å². The number of carbonyl (C=O) groups is 1. The second-order valence-corrected chi connectivity index (χ2v) is 9.51. The number of nitrogens with zero attached hydrogens (tertiary/aromatic N) is 1. The van der Waals surface area contributed by atoms with E-state index in [4.69, 9.17) is 0 Å². The van der Waals surface area contributed by atoms with Crippen molar-refractivity contribution in [3.63, 3.8) is 0 Å². The van der Waals surface area contributed by atoms with Gasteiger partial charge in [-0.1, -0.05) is 18.9 Å². The van der Waals surface area contributed by atoms with Crippen LogP contribution in [0.15, 0.2) is 29.2 Å². The molecule has 1 aliphatic heterocycles. The molecule has 2 aliphatic rings. The maximum atomic E-state index is 13.0. The maximum Gasteiger partial charge on any atom is 0.391 e. The van der Waals surface area contributed by atoms with Gasteiger partial charge in [0.05, 0.1) is 10.8 Å². The highest BCUT2D eigenvalue weighted by Crippen LogP contribution is 2.37. The largest absolute Gasteiger partial charge is 0.391 e. The van der Waals surface area contributed by atoms with E-state index >= 15 is 0 Å². The molecule has 0 bridgehead atoms. The third-order valence-corrected chi connectivity index (χ3v) is 7.42. The summed E-state index contributed by atoms with van der Waals surface area (Å²) in [6, 6.07) is 5.17. The molecule has 1 amide bonds. The molecule has 1 aliphatic carbocycles. The highest BCUT2D eigenvalue weighted by Gasteiger charge is 2.42. The van der Waals surface area contributed by atoms with Gasteiger partial charge in [-0.25, -0.2) is 8.42 Å². The van der Waals surface area contributed by atoms with Crippen molar-refractivity contribution in [1.82, 2.24) is 9.62 Å². The van der Waals surface area contributed by atoms with Gasteiger partial charge < -0.3 is 5.32 Å². The Labute approximate surface area is 163 Å². The van der Waals surface area contributed by atoms with Crippen LogP contribution in [0.3, 0.4) is 0 Å². The molecule has 0 aromatic heterocycles. The number of carbonyl (C=O) groups excluding carboxylic acids is 1. The molecule has 28 heavy (non-hydrogen) atoms. The highest BCUT2D eigenvalue weighted by molar-refractivity contribution is 7.89. The molecule has 5 nitrogen and oxygen atoms in total. The van der Waals surface area contributed by atoms with E-state index in [-0.39, 0.29) is 23.3 Å². The van der Waals surface area contributed by atoms with Gasteiger partial charge in [0.1, 0.15) is 0 Å². The molecular formula is C19H25F3N2O3S. The molecule has 1 heterocycles. The molecule has 1 aromatic carbocycles. The van der Waals surface area contributed by atoms with Gasteiger partial charge in [-0.3, -0.25) is 4.79 Å². The van der Waals surface area contributed by atoms with E-state index in [2.05, 4.69) is 5.32 Å². The van der Waals surface area contributed by atoms with Crippen LogP contribution in [-0.2, 0) is 10.0 Å². The van der Waals surface area contributed by atoms with Gasteiger partial charge in [0, 0.05) is 24.7 Å². The zero-order valence-electron chi connectivity index (χ0n) is 15.5. The van der Waals surface area contributed by atoms with Gasteiger partial charge >= 0.3 is 6.18 Å². The van der Waals surface area contributed by atoms with Crippen molar-refractivity contribution in [1.29, 1.82) is 0 Å². The van der Waals surface area contributed by atoms with Crippen molar-refractivity contribution in [2.45, 2.75) is 62.1 Å². The Balaban J connectivity index is 1.70. The number of halogens is 3. The fourth-order valence-corrected chi connectivity index (χ4v) is 5.50. The van der Waals surface area contributed by atoms with Crippen LogP contribution in [0.5, 0.6) is 0 Å². The first-order valence-corrected chi connectivity index (χ1v) is 11.1. The minimum absolute atomic E-state index is 0.0406. The lowest BCUT2D eigenvalue weighted by Gasteiger charge is -2.31. The Kier molecular flexibility index (Phi) is 6.34. The van der Waals surface area contributed by atoms with Crippen LogP contribution in [0.2, 0.25) is 0 Å². The number of rotatable bonds is 4. The first kappa shape index (κ1) is 21.1. The van der Waals surface area contributed by atoms with E-state index in [9.17, 15) is 26.4 Å². The summed E-state index contributed by atoms with van der Waals surface area (Å²) < 4.78 is 65.8. The molecule has 1 saturated heterocycles. The number of hydrogen-bond acceptors (Lipinski definition) is 3. The van der Waals surface area contributed by atoms with Crippen LogP contribution in [0.25, 0.3) is 0 Å². The van der Waals surface area contributed by atoms with E-state index in [0.29, 0.717) is 25.9 Å². The zero-order chi connectivity index (χ0) is 20.4. The normalized spacial score (nSPS) is 24.7. The molecule has 2 atom stereocenters. The van der Waals surface area contributed by atoms with Gasteiger partial charge in [-0.05, 0) is 50.3 Å². The summed E-state index contributed by atoms with van der Waals surface area (Å²) in [6.45, 7) is 0.916. The zero-order valence-corrected chi connectivity index (χ0v) is 16.4. The van der Waals surface area contributed by atoms with Crippen LogP contribution in [-0.4, -0.2) is 43.9 Å². The molecule has 0 spiro atoms. The lowest BCUT2D eigenvalue weighted by atomic mass is 9.85. The molecule has 0 radical (unpaired) electrons. The molecule has 1 aromatic rings. The Morgan fingerprint density at radius 2 is 1.79 bits per heavy atom. The standard InChI is InChI=1S/C19H25F3N2O3S/c20-19(21,22)15-7-5-8-16(13-15)23-18(25)14-6-4-9-17(12-14)28(26,27)24-10-2-1-3-11-24/h4,6,9,12,15-16H,1-3,5,7-8,10-11,13H2,(H,23,25). The van der Waals surface area contributed by atoms with Crippen molar-refractivity contribution in [2.24, 2.45) is 5.92 Å². The van der Waals surface area contributed by atoms with Crippen LogP contribution in [0.1, 0.15) is 55.3 Å². The smallest absolute Gasteiger partial charge is 0.349 e. The molecule has 2 unspecified atom stereocenters. The summed E-state index contributed by atoms with van der Waals surface area (Å²) in [6.07, 6.45) is -0.813. The van der Waals surface area contributed by atoms with Crippen molar-refractivity contribution in [2.75, 3.05) is 13.1 Å². The Hall–Kier alpha value is -1.61. The van der Waals surface area contributed by atoms with E-state index in [1.54, 1.807) is 0 Å². The lowest BCUT2D eigenvalue weighted by molar-refractivity contribution is -0.183. The number of nitrogens with one attached hydrogen (secondary N) is 1. The fourth-order valence-electron chi connectivity index (χ4n) is 3.94. The Morgan fingerprint density at radius 1 is 1.07 bits per heavy atom. The van der Waals surface area contributed by atoms with Crippen LogP contribution >= 0.6 is 0 Å². The molecule has 2 fully saturated rings. The lowest BCUT2D eigenvalue weighted by Crippen LogP contribution is -2.41. The first-order chi connectivity index (χ1) is 13.2. The van der Waals surface area contributed by atoms with Crippen molar-refractivity contribution in [3.8, 4) is 0 Å². The van der Waals surface area contributed by atoms with Gasteiger partial charge in [0.2, 0.25) is 10.0 Å². The van der Waals surface area contributed by atoms with E-state index in [0.717, 1.165) is 19.3 Å². The molecule has 3 rings (SSSR count). The number of sulfonamides is 1. The van der Waals surface area contributed by atoms with E-state index < -0.39 is 34.1 Å². The summed E-state index contributed by atoms with van der Waals surface area (Å²) >= 11 is 0. The fraction of sp³-hybridized carbons (Fsp3) is 0.632. The van der Waals surface area contributed by atoms with Crippen molar-refractivity contribution < 1.29 is 26.4 Å². The molecule has 1 N–H and O–H groups in total. The summed E-state index contributed by atoms with van der Waals surface area (Å²) in [5.74, 6) is -1.94. The second-order valence-electron chi connectivity index (χ2n) is 7.57. The van der Waals surface area contributed by atoms with Gasteiger partial charge in [0.25, 0.3) is 5.91 Å². The summed E-state index contributed by atoms with van der Waals surface area (Å²) in [5, 5.41) is 2.65. The minimum atomic E-state index is -4.26. The molecule has 156 valence electrons. The first-order valence-electron chi connectivity index (χ1n) is 9.66. The third-order valence-electron chi connectivity index (χ3n) is 5.52. The summed E-state index contributed by atoms with van der Waals surface area (Å²) in [7, 11) is -3.67. The summed E-state index contributed by atoms with van der Waals surface area (Å²) in [5.41, 5.74) is 0.146. The predicted octanol–water partition coefficient (Wildman–Crippen LogP) is 3.71. The predicted molar refractivity (Wildman–Crippen MR) is 98.3 cm³/mol. The van der Waals surface area contributed by atoms with Gasteiger partial charge in [-0.2, -0.15) is 17.5 Å². The van der Waals surface area contributed by atoms with E-state index in [1.807, 2.05) is 0 Å². The van der Waals surface area contributed by atoms with Gasteiger partial charge in [0.15, 0.2) is 0 Å². The number of amides is 1. The third kappa shape index (κ3) is 4.86. The van der Waals surface area contributed by atoms with Crippen molar-refractivity contribution >= 4 is 15.9 Å². The average molecular weight is 418 g/mol. The number of alkyl halides is 3. The minimum Gasteiger partial charge on any atom is -0.349 e. The SMILES string of the molecule is O=C(NC1CCCC(C(F)(F)F)C1)c1cccc(S(=O)(=O)N2CCCCC2)c1. The number of hydrogen-bond donors (Lipinski definition) is 1. The monoisotopic (exact) mass is 418 g/mol. The number of benzene rings is 1. The van der Waals surface area contributed by atoms with Crippen LogP contribution < -0.4 is 5.32 Å². The molecular weight excluding hydrogens is 393 g/mol. The van der Waals surface area contributed by atoms with Crippen LogP contribution in [0.4, 0.5) is 13.2 Å². The second kappa shape index (κ2) is 8.41. The average Bonchev–Trinajstić information content (AvgIpc) is 2.68. The maximum absolute atomic E-state index is 13.0. The topological polar surface area (TPSA) is 66.5 Å².